The highest BCUT2D eigenvalue weighted by molar-refractivity contribution is 7.10. The Bertz CT molecular complexity index is 534. The van der Waals surface area contributed by atoms with E-state index in [-0.39, 0.29) is 0 Å². The fourth-order valence-electron chi connectivity index (χ4n) is 1.22. The summed E-state index contributed by atoms with van der Waals surface area (Å²) >= 11 is 7.33. The smallest absolute Gasteiger partial charge is 0.286 e. The van der Waals surface area contributed by atoms with Crippen LogP contribution in [0.1, 0.15) is 4.88 Å². The minimum absolute atomic E-state index is 0.313. The zero-order valence-corrected chi connectivity index (χ0v) is 9.19. The Morgan fingerprint density at radius 1 is 1.47 bits per heavy atom. The van der Waals surface area contributed by atoms with Crippen LogP contribution in [0.15, 0.2) is 34.6 Å². The lowest BCUT2D eigenvalue weighted by Gasteiger charge is -2.03. The largest absolute Gasteiger partial charge is 0.308 e. The Hall–Kier alpha value is -1.13. The number of halogens is 2. The fourth-order valence-corrected chi connectivity index (χ4v) is 2.32. The minimum atomic E-state index is -0.745. The highest BCUT2D eigenvalue weighted by Crippen LogP contribution is 2.22. The van der Waals surface area contributed by atoms with Gasteiger partial charge in [-0.3, -0.25) is 4.79 Å². The molecule has 0 fully saturated rings. The molecule has 0 saturated carbocycles. The van der Waals surface area contributed by atoms with Gasteiger partial charge in [0.15, 0.2) is 5.82 Å². The van der Waals surface area contributed by atoms with Crippen LogP contribution in [0.4, 0.5) is 4.39 Å². The number of thiophene rings is 1. The van der Waals surface area contributed by atoms with Crippen LogP contribution in [0, 0.1) is 5.82 Å². The zero-order valence-electron chi connectivity index (χ0n) is 7.61. The predicted molar refractivity (Wildman–Crippen MR) is 59.1 cm³/mol. The summed E-state index contributed by atoms with van der Waals surface area (Å²) in [5, 5.41) is 2.44. The highest BCUT2D eigenvalue weighted by Gasteiger charge is 2.06. The van der Waals surface area contributed by atoms with E-state index in [1.807, 2.05) is 5.38 Å². The molecular formula is C10H7ClFNOS. The lowest BCUT2D eigenvalue weighted by atomic mass is 10.4. The summed E-state index contributed by atoms with van der Waals surface area (Å²) in [6.45, 7) is 0.313. The molecule has 0 radical (unpaired) electrons. The van der Waals surface area contributed by atoms with Crippen molar-refractivity contribution in [1.82, 2.24) is 4.57 Å². The maximum absolute atomic E-state index is 12.9. The molecule has 0 spiro atoms. The average molecular weight is 244 g/mol. The van der Waals surface area contributed by atoms with Gasteiger partial charge < -0.3 is 4.57 Å². The van der Waals surface area contributed by atoms with E-state index in [0.717, 1.165) is 10.9 Å². The maximum atomic E-state index is 12.9. The Balaban J connectivity index is 2.37. The van der Waals surface area contributed by atoms with E-state index in [1.165, 1.54) is 22.0 Å². The van der Waals surface area contributed by atoms with Gasteiger partial charge in [0, 0.05) is 11.1 Å². The highest BCUT2D eigenvalue weighted by atomic mass is 35.5. The van der Waals surface area contributed by atoms with Crippen molar-refractivity contribution in [3.8, 4) is 0 Å². The number of hydrogen-bond acceptors (Lipinski definition) is 2. The van der Waals surface area contributed by atoms with Crippen molar-refractivity contribution in [3.05, 3.63) is 55.8 Å². The third-order valence-electron chi connectivity index (χ3n) is 1.98. The van der Waals surface area contributed by atoms with Crippen molar-refractivity contribution in [2.45, 2.75) is 6.54 Å². The van der Waals surface area contributed by atoms with Gasteiger partial charge in [0.1, 0.15) is 0 Å². The van der Waals surface area contributed by atoms with Crippen molar-refractivity contribution in [1.29, 1.82) is 0 Å². The van der Waals surface area contributed by atoms with Crippen LogP contribution in [0.25, 0.3) is 0 Å². The summed E-state index contributed by atoms with van der Waals surface area (Å²) in [6.07, 6.45) is 1.54. The van der Waals surface area contributed by atoms with Gasteiger partial charge in [-0.2, -0.15) is 0 Å². The summed E-state index contributed by atoms with van der Waals surface area (Å²) < 4.78 is 14.2. The van der Waals surface area contributed by atoms with Crippen molar-refractivity contribution in [2.24, 2.45) is 0 Å². The second kappa shape index (κ2) is 4.16. The summed E-state index contributed by atoms with van der Waals surface area (Å²) in [5.41, 5.74) is -0.623. The third kappa shape index (κ3) is 2.11. The fraction of sp³-hybridized carbons (Fsp3) is 0.100. The first-order valence-corrected chi connectivity index (χ1v) is 5.51. The van der Waals surface area contributed by atoms with E-state index in [1.54, 1.807) is 12.3 Å². The van der Waals surface area contributed by atoms with E-state index < -0.39 is 11.4 Å². The number of nitrogens with zero attached hydrogens (tertiary/aromatic N) is 1. The molecule has 0 aromatic carbocycles. The van der Waals surface area contributed by atoms with Crippen LogP contribution in [0.3, 0.4) is 0 Å². The van der Waals surface area contributed by atoms with E-state index in [0.29, 0.717) is 11.6 Å². The van der Waals surface area contributed by atoms with Gasteiger partial charge in [-0.15, -0.1) is 11.3 Å². The molecule has 15 heavy (non-hydrogen) atoms. The topological polar surface area (TPSA) is 22.0 Å². The molecule has 0 bridgehead atoms. The molecule has 0 atom stereocenters. The second-order valence-corrected chi connectivity index (χ2v) is 4.39. The number of aromatic nitrogens is 1. The Kier molecular flexibility index (Phi) is 2.88. The van der Waals surface area contributed by atoms with E-state index in [4.69, 9.17) is 11.6 Å². The molecule has 2 aromatic heterocycles. The molecular weight excluding hydrogens is 237 g/mol. The summed E-state index contributed by atoms with van der Waals surface area (Å²) in [5.74, 6) is -0.745. The van der Waals surface area contributed by atoms with Crippen LogP contribution in [-0.2, 0) is 6.54 Å². The van der Waals surface area contributed by atoms with Gasteiger partial charge in [0.05, 0.1) is 11.6 Å². The lowest BCUT2D eigenvalue weighted by molar-refractivity contribution is 0.582. The first-order chi connectivity index (χ1) is 7.18. The molecule has 0 amide bonds. The standard InChI is InChI=1S/C10H7ClFNOS/c11-7-3-5-15-9(7)6-13-4-1-2-8(12)10(13)14/h1-5H,6H2. The van der Waals surface area contributed by atoms with Crippen molar-refractivity contribution in [3.63, 3.8) is 0 Å². The van der Waals surface area contributed by atoms with E-state index in [9.17, 15) is 9.18 Å². The Morgan fingerprint density at radius 3 is 2.93 bits per heavy atom. The van der Waals surface area contributed by atoms with Gasteiger partial charge in [-0.25, -0.2) is 4.39 Å². The van der Waals surface area contributed by atoms with Gasteiger partial charge in [-0.05, 0) is 23.6 Å². The molecule has 0 aliphatic rings. The van der Waals surface area contributed by atoms with Crippen LogP contribution in [0.5, 0.6) is 0 Å². The molecule has 78 valence electrons. The maximum Gasteiger partial charge on any atom is 0.286 e. The molecule has 0 N–H and O–H groups in total. The van der Waals surface area contributed by atoms with Gasteiger partial charge >= 0.3 is 0 Å². The predicted octanol–water partition coefficient (Wildman–Crippen LogP) is 2.75. The van der Waals surface area contributed by atoms with Gasteiger partial charge in [-0.1, -0.05) is 11.6 Å². The molecule has 2 aromatic rings. The molecule has 0 saturated heterocycles. The molecule has 2 heterocycles. The van der Waals surface area contributed by atoms with Crippen molar-refractivity contribution >= 4 is 22.9 Å². The summed E-state index contributed by atoms with van der Waals surface area (Å²) in [7, 11) is 0. The molecule has 0 aliphatic heterocycles. The number of rotatable bonds is 2. The quantitative estimate of drug-likeness (QED) is 0.795. The van der Waals surface area contributed by atoms with Crippen LogP contribution in [0.2, 0.25) is 5.02 Å². The monoisotopic (exact) mass is 243 g/mol. The molecule has 2 nitrogen and oxygen atoms in total. The minimum Gasteiger partial charge on any atom is -0.308 e. The van der Waals surface area contributed by atoms with Gasteiger partial charge in [0.2, 0.25) is 0 Å². The van der Waals surface area contributed by atoms with Crippen LogP contribution >= 0.6 is 22.9 Å². The first-order valence-electron chi connectivity index (χ1n) is 4.25. The molecule has 5 heteroatoms. The Labute approximate surface area is 94.6 Å². The normalized spacial score (nSPS) is 10.5. The van der Waals surface area contributed by atoms with E-state index in [2.05, 4.69) is 0 Å². The first kappa shape index (κ1) is 10.4. The average Bonchev–Trinajstić information content (AvgIpc) is 2.60. The molecule has 0 unspecified atom stereocenters. The Morgan fingerprint density at radius 2 is 2.27 bits per heavy atom. The summed E-state index contributed by atoms with van der Waals surface area (Å²) in [6, 6.07) is 4.40. The van der Waals surface area contributed by atoms with Gasteiger partial charge in [0.25, 0.3) is 5.56 Å². The summed E-state index contributed by atoms with van der Waals surface area (Å²) in [4.78, 5) is 12.2. The zero-order chi connectivity index (χ0) is 10.8. The molecule has 2 rings (SSSR count). The van der Waals surface area contributed by atoms with Crippen LogP contribution < -0.4 is 5.56 Å². The lowest BCUT2D eigenvalue weighted by Crippen LogP contribution is -2.22. The third-order valence-corrected chi connectivity index (χ3v) is 3.35. The number of hydrogen-bond donors (Lipinski definition) is 0. The second-order valence-electron chi connectivity index (χ2n) is 2.98. The van der Waals surface area contributed by atoms with E-state index >= 15 is 0 Å². The SMILES string of the molecule is O=c1c(F)cccn1Cc1sccc1Cl. The molecule has 0 aliphatic carbocycles. The van der Waals surface area contributed by atoms with Crippen molar-refractivity contribution < 1.29 is 4.39 Å². The van der Waals surface area contributed by atoms with Crippen LogP contribution in [-0.4, -0.2) is 4.57 Å². The number of pyridine rings is 1. The van der Waals surface area contributed by atoms with Crippen molar-refractivity contribution in [2.75, 3.05) is 0 Å².